The Labute approximate surface area is 201 Å². The van der Waals surface area contributed by atoms with Crippen LogP contribution in [0.3, 0.4) is 0 Å². The van der Waals surface area contributed by atoms with Crippen molar-refractivity contribution in [3.05, 3.63) is 65.1 Å². The number of fused-ring (bicyclic) bond motifs is 1. The average molecular weight is 481 g/mol. The van der Waals surface area contributed by atoms with Crippen LogP contribution in [0, 0.1) is 25.5 Å². The molecule has 35 heavy (non-hydrogen) atoms. The zero-order chi connectivity index (χ0) is 24.7. The zero-order valence-corrected chi connectivity index (χ0v) is 20.0. The quantitative estimate of drug-likeness (QED) is 0.420. The first kappa shape index (κ1) is 23.3. The molecule has 0 spiro atoms. The van der Waals surface area contributed by atoms with E-state index in [1.165, 1.54) is 12.1 Å². The molecule has 0 N–H and O–H groups in total. The molecule has 4 heterocycles. The summed E-state index contributed by atoms with van der Waals surface area (Å²) in [6.07, 6.45) is 3.27. The molecular weight excluding hydrogens is 454 g/mol. The summed E-state index contributed by atoms with van der Waals surface area (Å²) in [5, 5.41) is 4.93. The van der Waals surface area contributed by atoms with Gasteiger partial charge in [0.05, 0.1) is 24.5 Å². The van der Waals surface area contributed by atoms with Crippen molar-refractivity contribution in [3.63, 3.8) is 0 Å². The average Bonchev–Trinajstić information content (AvgIpc) is 3.28. The fourth-order valence-electron chi connectivity index (χ4n) is 4.31. The van der Waals surface area contributed by atoms with Gasteiger partial charge in [-0.2, -0.15) is 10.1 Å². The first-order valence-electron chi connectivity index (χ1n) is 11.4. The Morgan fingerprint density at radius 3 is 2.71 bits per heavy atom. The normalized spacial score (nSPS) is 18.4. The number of halogens is 2. The summed E-state index contributed by atoms with van der Waals surface area (Å²) >= 11 is 0. The summed E-state index contributed by atoms with van der Waals surface area (Å²) in [5.41, 5.74) is 3.71. The lowest BCUT2D eigenvalue weighted by atomic mass is 10.1. The second-order valence-corrected chi connectivity index (χ2v) is 8.83. The second kappa shape index (κ2) is 9.27. The van der Waals surface area contributed by atoms with E-state index in [1.54, 1.807) is 18.0 Å². The number of benzene rings is 1. The number of hydrogen-bond donors (Lipinski definition) is 0. The lowest BCUT2D eigenvalue weighted by molar-refractivity contribution is -0.0179. The second-order valence-electron chi connectivity index (χ2n) is 8.83. The van der Waals surface area contributed by atoms with Crippen LogP contribution in [-0.2, 0) is 16.2 Å². The van der Waals surface area contributed by atoms with Crippen molar-refractivity contribution in [1.29, 1.82) is 0 Å². The summed E-state index contributed by atoms with van der Waals surface area (Å²) in [5.74, 6) is -0.918. The van der Waals surface area contributed by atoms with Gasteiger partial charge in [-0.25, -0.2) is 23.4 Å². The number of rotatable bonds is 5. The molecule has 8 nitrogen and oxygen atoms in total. The Balaban J connectivity index is 1.59. The van der Waals surface area contributed by atoms with Gasteiger partial charge < -0.3 is 14.4 Å². The third-order valence-electron chi connectivity index (χ3n) is 6.13. The fourth-order valence-corrected chi connectivity index (χ4v) is 4.31. The van der Waals surface area contributed by atoms with Crippen LogP contribution < -0.4 is 4.90 Å². The van der Waals surface area contributed by atoms with Crippen LogP contribution in [0.2, 0.25) is 0 Å². The molecule has 182 valence electrons. The maximum atomic E-state index is 14.9. The minimum atomic E-state index is -0.687. The molecule has 0 radical (unpaired) electrons. The first-order chi connectivity index (χ1) is 16.8. The van der Waals surface area contributed by atoms with E-state index in [1.807, 2.05) is 37.9 Å². The monoisotopic (exact) mass is 480 g/mol. The zero-order valence-electron chi connectivity index (χ0n) is 20.0. The number of nitrogens with zero attached hydrogens (tertiary/aromatic N) is 6. The highest BCUT2D eigenvalue weighted by Gasteiger charge is 2.30. The Kier molecular flexibility index (Phi) is 6.16. The highest BCUT2D eigenvalue weighted by molar-refractivity contribution is 5.92. The predicted octanol–water partition coefficient (Wildman–Crippen LogP) is 4.35. The number of ether oxygens (including phenoxy) is 2. The largest absolute Gasteiger partial charge is 0.367 e. The number of hydrogen-bond acceptors (Lipinski definition) is 7. The van der Waals surface area contributed by atoms with E-state index in [2.05, 4.69) is 10.1 Å². The van der Waals surface area contributed by atoms with Crippen molar-refractivity contribution in [1.82, 2.24) is 24.7 Å². The Bertz CT molecular complexity index is 1390. The van der Waals surface area contributed by atoms with E-state index in [9.17, 15) is 8.78 Å². The third kappa shape index (κ3) is 4.59. The topological polar surface area (TPSA) is 78.2 Å². The van der Waals surface area contributed by atoms with E-state index >= 15 is 0 Å². The summed E-state index contributed by atoms with van der Waals surface area (Å²) in [4.78, 5) is 16.2. The first-order valence-corrected chi connectivity index (χ1v) is 11.4. The minimum Gasteiger partial charge on any atom is -0.367 e. The van der Waals surface area contributed by atoms with Crippen LogP contribution in [-0.4, -0.2) is 51.0 Å². The van der Waals surface area contributed by atoms with Crippen molar-refractivity contribution in [2.45, 2.75) is 39.7 Å². The van der Waals surface area contributed by atoms with E-state index in [0.717, 1.165) is 22.9 Å². The maximum Gasteiger partial charge on any atom is 0.228 e. The number of morpholine rings is 1. The molecule has 4 aromatic rings. The SMILES string of the molecule is COCn1cc(C2CN(c3nc(-c4ccc(F)cc4F)c4cc(C)c(C)nc4n3)CC(C)O2)cn1. The number of aryl methyl sites for hydroxylation is 2. The molecule has 0 bridgehead atoms. The molecule has 3 aromatic heterocycles. The van der Waals surface area contributed by atoms with Gasteiger partial charge in [-0.3, -0.25) is 0 Å². The van der Waals surface area contributed by atoms with E-state index in [-0.39, 0.29) is 17.8 Å². The Morgan fingerprint density at radius 1 is 1.11 bits per heavy atom. The Hall–Kier alpha value is -3.50. The fraction of sp³-hybridized carbons (Fsp3) is 0.360. The molecule has 1 saturated heterocycles. The van der Waals surface area contributed by atoms with Crippen LogP contribution in [0.4, 0.5) is 14.7 Å². The highest BCUT2D eigenvalue weighted by atomic mass is 19.1. The van der Waals surface area contributed by atoms with Gasteiger partial charge in [0.1, 0.15) is 24.5 Å². The smallest absolute Gasteiger partial charge is 0.228 e. The van der Waals surface area contributed by atoms with Crippen molar-refractivity contribution < 1.29 is 18.3 Å². The van der Waals surface area contributed by atoms with Crippen molar-refractivity contribution in [2.75, 3.05) is 25.1 Å². The van der Waals surface area contributed by atoms with Gasteiger partial charge in [0, 0.05) is 48.1 Å². The number of anilines is 1. The van der Waals surface area contributed by atoms with Crippen LogP contribution in [0.25, 0.3) is 22.3 Å². The van der Waals surface area contributed by atoms with Crippen molar-refractivity contribution >= 4 is 17.0 Å². The Morgan fingerprint density at radius 2 is 1.94 bits per heavy atom. The maximum absolute atomic E-state index is 14.9. The summed E-state index contributed by atoms with van der Waals surface area (Å²) in [6.45, 7) is 7.18. The number of pyridine rings is 1. The molecule has 0 aliphatic carbocycles. The van der Waals surface area contributed by atoms with Crippen LogP contribution in [0.5, 0.6) is 0 Å². The molecule has 5 rings (SSSR count). The van der Waals surface area contributed by atoms with Gasteiger partial charge in [-0.15, -0.1) is 0 Å². The lowest BCUT2D eigenvalue weighted by Crippen LogP contribution is -2.43. The standard InChI is InChI=1S/C25H26F2N6O2/c1-14-7-20-23(19-6-5-18(26)8-21(19)27)30-25(31-24(20)29-16(14)3)32-10-15(2)35-22(12-32)17-9-28-33(11-17)13-34-4/h5-9,11,15,22H,10,12-13H2,1-4H3. The van der Waals surface area contributed by atoms with Crippen LogP contribution >= 0.6 is 0 Å². The third-order valence-corrected chi connectivity index (χ3v) is 6.13. The van der Waals surface area contributed by atoms with Gasteiger partial charge in [-0.05, 0) is 44.5 Å². The molecule has 0 amide bonds. The molecule has 1 aliphatic heterocycles. The van der Waals surface area contributed by atoms with Crippen molar-refractivity contribution in [2.24, 2.45) is 0 Å². The van der Waals surface area contributed by atoms with E-state index in [0.29, 0.717) is 42.5 Å². The number of methoxy groups -OCH3 is 1. The lowest BCUT2D eigenvalue weighted by Gasteiger charge is -2.36. The molecule has 2 unspecified atom stereocenters. The molecule has 0 saturated carbocycles. The van der Waals surface area contributed by atoms with Gasteiger partial charge in [0.2, 0.25) is 5.95 Å². The van der Waals surface area contributed by atoms with Gasteiger partial charge in [0.25, 0.3) is 0 Å². The van der Waals surface area contributed by atoms with Gasteiger partial charge in [0.15, 0.2) is 5.65 Å². The minimum absolute atomic E-state index is 0.113. The van der Waals surface area contributed by atoms with E-state index in [4.69, 9.17) is 19.4 Å². The summed E-state index contributed by atoms with van der Waals surface area (Å²) < 4.78 is 41.5. The summed E-state index contributed by atoms with van der Waals surface area (Å²) in [6, 6.07) is 5.39. The molecule has 1 aromatic carbocycles. The highest BCUT2D eigenvalue weighted by Crippen LogP contribution is 2.33. The predicted molar refractivity (Wildman–Crippen MR) is 127 cm³/mol. The molecule has 1 aliphatic rings. The number of aromatic nitrogens is 5. The van der Waals surface area contributed by atoms with E-state index < -0.39 is 11.6 Å². The van der Waals surface area contributed by atoms with Crippen molar-refractivity contribution in [3.8, 4) is 11.3 Å². The van der Waals surface area contributed by atoms with Gasteiger partial charge in [-0.1, -0.05) is 0 Å². The molecule has 10 heteroatoms. The summed E-state index contributed by atoms with van der Waals surface area (Å²) in [7, 11) is 1.61. The molecular formula is C25H26F2N6O2. The van der Waals surface area contributed by atoms with Gasteiger partial charge >= 0.3 is 0 Å². The van der Waals surface area contributed by atoms with Crippen LogP contribution in [0.1, 0.15) is 29.8 Å². The molecule has 2 atom stereocenters. The molecule has 1 fully saturated rings. The van der Waals surface area contributed by atoms with Crippen LogP contribution in [0.15, 0.2) is 36.7 Å².